The highest BCUT2D eigenvalue weighted by Gasteiger charge is 2.43. The topological polar surface area (TPSA) is 339 Å². The fourth-order valence-corrected chi connectivity index (χ4v) is 11.6. The third-order valence-corrected chi connectivity index (χ3v) is 17.4. The summed E-state index contributed by atoms with van der Waals surface area (Å²) in [6.45, 7) is 17.1. The van der Waals surface area contributed by atoms with Gasteiger partial charge in [-0.05, 0) is 92.9 Å². The standard InChI is InChI=1S/C65H104BrN11O14/c1-14-41(7)56(50(89-12)36-53(80)77-35-23-27-49(77)58(90-13)42(8)59(82)70-43(9)57(81)45-24-18-16-19-25-45)75(10)63(86)47(15-2)72-62(85)55(40(5)6)76(11)65(88)91-38-44-29-31-46(32-30-44)71-60(83)48(26-22-34-69-64(67)87)73-61(84)54(39(3)4)74-51(78)28-20-17-21-33-68-52(79)37-66/h16,18-19,24-25,29-32,39-43,47-50,54-58,81H,14-15,17,20-23,26-28,33-38H2,1-13H3,(H,68,79)(H,70,82)(H,71,83)(H,72,85)(H,73,84)(H,74,78)(H3,67,69,87)/t41-,42+,43+,47-,48-,49-,50+,54-,55-,56-,57+,58+/m0/s1. The van der Waals surface area contributed by atoms with Gasteiger partial charge in [0.2, 0.25) is 47.3 Å². The number of alkyl halides is 1. The first kappa shape index (κ1) is 78.3. The summed E-state index contributed by atoms with van der Waals surface area (Å²) >= 11 is 3.10. The molecular weight excluding hydrogens is 1240 g/mol. The highest BCUT2D eigenvalue weighted by molar-refractivity contribution is 9.09. The normalized spacial score (nSPS) is 16.7. The molecule has 1 fully saturated rings. The maximum atomic E-state index is 14.6. The number of nitrogens with one attached hydrogen (secondary N) is 7. The number of carbonyl (C=O) groups is 10. The number of likely N-dealkylation sites (tertiary alicyclic amines) is 1. The first-order valence-electron chi connectivity index (χ1n) is 31.9. The molecule has 0 unspecified atom stereocenters. The smallest absolute Gasteiger partial charge is 0.410 e. The van der Waals surface area contributed by atoms with Crippen molar-refractivity contribution < 1.29 is 67.3 Å². The zero-order chi connectivity index (χ0) is 68.1. The molecule has 1 saturated heterocycles. The fraction of sp³-hybridized carbons (Fsp3) is 0.662. The molecule has 11 amide bonds. The number of halogens is 1. The number of anilines is 1. The molecule has 25 nitrogen and oxygen atoms in total. The number of nitrogens with two attached hydrogens (primary N) is 1. The zero-order valence-corrected chi connectivity index (χ0v) is 57.2. The van der Waals surface area contributed by atoms with Gasteiger partial charge in [-0.2, -0.15) is 0 Å². The molecule has 2 aromatic rings. The molecule has 1 heterocycles. The van der Waals surface area contributed by atoms with E-state index < -0.39 is 108 Å². The molecular formula is C65H104BrN11O14. The maximum Gasteiger partial charge on any atom is 0.410 e. The summed E-state index contributed by atoms with van der Waals surface area (Å²) in [4.78, 5) is 138. The van der Waals surface area contributed by atoms with Crippen LogP contribution < -0.4 is 43.0 Å². The number of unbranched alkanes of at least 4 members (excludes halogenated alkanes) is 2. The van der Waals surface area contributed by atoms with Crippen LogP contribution in [0, 0.1) is 23.7 Å². The molecule has 1 aliphatic heterocycles. The Hall–Kier alpha value is -6.90. The molecule has 0 spiro atoms. The second kappa shape index (κ2) is 40.2. The molecule has 510 valence electrons. The summed E-state index contributed by atoms with van der Waals surface area (Å²) in [7, 11) is 6.08. The van der Waals surface area contributed by atoms with E-state index in [1.165, 1.54) is 26.2 Å². The second-order valence-electron chi connectivity index (χ2n) is 24.3. The molecule has 26 heteroatoms. The van der Waals surface area contributed by atoms with Crippen LogP contribution in [0.2, 0.25) is 0 Å². The number of methoxy groups -OCH3 is 2. The fourth-order valence-electron chi connectivity index (χ4n) is 11.4. The first-order chi connectivity index (χ1) is 43.1. The van der Waals surface area contributed by atoms with Crippen molar-refractivity contribution in [2.24, 2.45) is 29.4 Å². The number of carbonyl (C=O) groups excluding carboxylic acids is 10. The van der Waals surface area contributed by atoms with Gasteiger partial charge in [0, 0.05) is 60.1 Å². The molecule has 0 aromatic heterocycles. The van der Waals surface area contributed by atoms with Crippen molar-refractivity contribution in [1.29, 1.82) is 0 Å². The monoisotopic (exact) mass is 1340 g/mol. The number of rotatable bonds is 39. The van der Waals surface area contributed by atoms with Gasteiger partial charge in [0.05, 0.1) is 54.1 Å². The average Bonchev–Trinajstić information content (AvgIpc) is 2.04. The highest BCUT2D eigenvalue weighted by atomic mass is 79.9. The SMILES string of the molecule is CC[C@H](NC(=O)[C@H](C(C)C)N(C)C(=O)OCc1ccc(NC(=O)[C@H](CCCNC(N)=O)NC(=O)[C@@H](NC(=O)CCCCCNC(=O)CBr)C(C)C)cc1)C(=O)N(C)[C@@H]([C@@H](C)CC)[C@@H](CC(=O)N1CCC[C@H]1[C@H](OC)[C@@H](C)C(=O)N[C@H](C)[C@@H](O)c1ccccc1)OC. The van der Waals surface area contributed by atoms with E-state index in [0.29, 0.717) is 68.4 Å². The summed E-state index contributed by atoms with van der Waals surface area (Å²) in [5.74, 6) is -4.76. The number of benzene rings is 2. The number of primary amides is 1. The van der Waals surface area contributed by atoms with Crippen molar-refractivity contribution in [1.82, 2.24) is 46.6 Å². The van der Waals surface area contributed by atoms with Crippen molar-refractivity contribution in [3.63, 3.8) is 0 Å². The summed E-state index contributed by atoms with van der Waals surface area (Å²) < 4.78 is 17.7. The van der Waals surface area contributed by atoms with E-state index >= 15 is 0 Å². The Bertz CT molecular complexity index is 2660. The summed E-state index contributed by atoms with van der Waals surface area (Å²) in [5.41, 5.74) is 6.80. The predicted molar refractivity (Wildman–Crippen MR) is 350 cm³/mol. The zero-order valence-electron chi connectivity index (χ0n) is 55.6. The Labute approximate surface area is 546 Å². The Balaban J connectivity index is 1.66. The minimum absolute atomic E-state index is 0.0835. The highest BCUT2D eigenvalue weighted by Crippen LogP contribution is 2.30. The number of hydrogen-bond acceptors (Lipinski definition) is 14. The van der Waals surface area contributed by atoms with Gasteiger partial charge in [-0.25, -0.2) is 9.59 Å². The van der Waals surface area contributed by atoms with Gasteiger partial charge in [-0.15, -0.1) is 0 Å². The largest absolute Gasteiger partial charge is 0.445 e. The van der Waals surface area contributed by atoms with E-state index in [-0.39, 0.29) is 86.1 Å². The van der Waals surface area contributed by atoms with Crippen LogP contribution in [-0.2, 0) is 59.2 Å². The third-order valence-electron chi connectivity index (χ3n) is 16.8. The first-order valence-corrected chi connectivity index (χ1v) is 33.0. The molecule has 91 heavy (non-hydrogen) atoms. The minimum atomic E-state index is -1.08. The molecule has 0 saturated carbocycles. The van der Waals surface area contributed by atoms with E-state index in [2.05, 4.69) is 53.1 Å². The second-order valence-corrected chi connectivity index (χ2v) is 24.9. The van der Waals surface area contributed by atoms with Gasteiger partial charge in [-0.3, -0.25) is 43.3 Å². The van der Waals surface area contributed by atoms with Gasteiger partial charge in [0.15, 0.2) is 0 Å². The van der Waals surface area contributed by atoms with Gasteiger partial charge < -0.3 is 72.1 Å². The third kappa shape index (κ3) is 24.9. The van der Waals surface area contributed by atoms with Crippen LogP contribution in [0.4, 0.5) is 15.3 Å². The molecule has 12 atom stereocenters. The van der Waals surface area contributed by atoms with E-state index in [0.717, 1.165) is 0 Å². The molecule has 0 bridgehead atoms. The van der Waals surface area contributed by atoms with Crippen LogP contribution in [0.1, 0.15) is 150 Å². The maximum absolute atomic E-state index is 14.6. The number of hydrogen-bond donors (Lipinski definition) is 9. The van der Waals surface area contributed by atoms with Crippen LogP contribution in [-0.4, -0.2) is 187 Å². The van der Waals surface area contributed by atoms with Crippen LogP contribution in [0.3, 0.4) is 0 Å². The van der Waals surface area contributed by atoms with E-state index in [1.807, 2.05) is 32.0 Å². The lowest BCUT2D eigenvalue weighted by Crippen LogP contribution is -2.59. The quantitative estimate of drug-likeness (QED) is 0.0298. The number of urea groups is 1. The molecule has 0 radical (unpaired) electrons. The van der Waals surface area contributed by atoms with E-state index in [4.69, 9.17) is 19.9 Å². The molecule has 3 rings (SSSR count). The molecule has 0 aliphatic carbocycles. The van der Waals surface area contributed by atoms with Crippen molar-refractivity contribution >= 4 is 81.0 Å². The van der Waals surface area contributed by atoms with E-state index in [9.17, 15) is 53.1 Å². The van der Waals surface area contributed by atoms with Gasteiger partial charge >= 0.3 is 12.1 Å². The lowest BCUT2D eigenvalue weighted by atomic mass is 9.90. The predicted octanol–water partition coefficient (Wildman–Crippen LogP) is 5.42. The Morgan fingerprint density at radius 1 is 0.714 bits per heavy atom. The Kier molecular flexibility index (Phi) is 34.6. The Morgan fingerprint density at radius 3 is 1.95 bits per heavy atom. The molecule has 1 aliphatic rings. The Morgan fingerprint density at radius 2 is 1.36 bits per heavy atom. The number of nitrogens with zero attached hydrogens (tertiary/aromatic N) is 3. The van der Waals surface area contributed by atoms with Crippen LogP contribution >= 0.6 is 15.9 Å². The van der Waals surface area contributed by atoms with Crippen LogP contribution in [0.25, 0.3) is 0 Å². The molecule has 10 N–H and O–H groups in total. The average molecular weight is 1340 g/mol. The van der Waals surface area contributed by atoms with Crippen molar-refractivity contribution in [2.45, 2.75) is 200 Å². The number of ether oxygens (including phenoxy) is 3. The number of aliphatic hydroxyl groups is 1. The summed E-state index contributed by atoms with van der Waals surface area (Å²) in [6.07, 6.45) is 1.31. The van der Waals surface area contributed by atoms with Crippen LogP contribution in [0.15, 0.2) is 54.6 Å². The molecule has 2 aromatic carbocycles. The van der Waals surface area contributed by atoms with Gasteiger partial charge in [0.25, 0.3) is 0 Å². The number of aliphatic hydroxyl groups excluding tert-OH is 1. The van der Waals surface area contributed by atoms with Crippen molar-refractivity contribution in [3.8, 4) is 0 Å². The minimum Gasteiger partial charge on any atom is -0.445 e. The van der Waals surface area contributed by atoms with Gasteiger partial charge in [0.1, 0.15) is 30.8 Å². The van der Waals surface area contributed by atoms with Crippen molar-refractivity contribution in [3.05, 3.63) is 65.7 Å². The van der Waals surface area contributed by atoms with E-state index in [1.54, 1.807) is 102 Å². The summed E-state index contributed by atoms with van der Waals surface area (Å²) in [5, 5.41) is 30.6. The van der Waals surface area contributed by atoms with Gasteiger partial charge in [-0.1, -0.05) is 127 Å². The lowest BCUT2D eigenvalue weighted by Gasteiger charge is -2.40. The van der Waals surface area contributed by atoms with Crippen LogP contribution in [0.5, 0.6) is 0 Å². The van der Waals surface area contributed by atoms with Crippen molar-refractivity contribution in [2.75, 3.05) is 58.6 Å². The number of amides is 11. The number of likely N-dealkylation sites (N-methyl/N-ethyl adjacent to an activating group) is 2. The lowest BCUT2D eigenvalue weighted by molar-refractivity contribution is -0.147. The summed E-state index contributed by atoms with van der Waals surface area (Å²) in [6, 6.07) is 8.96.